The van der Waals surface area contributed by atoms with E-state index in [0.29, 0.717) is 18.3 Å². The summed E-state index contributed by atoms with van der Waals surface area (Å²) < 4.78 is 22.0. The summed E-state index contributed by atoms with van der Waals surface area (Å²) in [6, 6.07) is 1.74. The molecule has 0 aliphatic carbocycles. The minimum absolute atomic E-state index is 0.113. The van der Waals surface area contributed by atoms with Gasteiger partial charge >= 0.3 is 0 Å². The van der Waals surface area contributed by atoms with Gasteiger partial charge in [-0.25, -0.2) is 13.4 Å². The molecule has 0 atom stereocenters. The zero-order chi connectivity index (χ0) is 12.2. The molecular weight excluding hydrogens is 228 g/mol. The van der Waals surface area contributed by atoms with Gasteiger partial charge in [-0.05, 0) is 6.07 Å². The van der Waals surface area contributed by atoms with Gasteiger partial charge in [0.15, 0.2) is 0 Å². The van der Waals surface area contributed by atoms with Crippen molar-refractivity contribution in [1.29, 1.82) is 0 Å². The van der Waals surface area contributed by atoms with Crippen molar-refractivity contribution in [2.75, 3.05) is 42.9 Å². The van der Waals surface area contributed by atoms with Crippen LogP contribution in [0, 0.1) is 0 Å². The minimum Gasteiger partial charge on any atom is -0.358 e. The van der Waals surface area contributed by atoms with E-state index in [0.717, 1.165) is 0 Å². The monoisotopic (exact) mass is 244 g/mol. The zero-order valence-corrected chi connectivity index (χ0v) is 10.5. The molecule has 1 aromatic heterocycles. The topological polar surface area (TPSA) is 75.2 Å². The van der Waals surface area contributed by atoms with Crippen molar-refractivity contribution in [3.05, 3.63) is 12.3 Å². The molecule has 0 spiro atoms. The van der Waals surface area contributed by atoms with E-state index in [9.17, 15) is 8.42 Å². The smallest absolute Gasteiger partial charge is 0.224 e. The minimum atomic E-state index is -2.94. The van der Waals surface area contributed by atoms with E-state index < -0.39 is 9.84 Å². The van der Waals surface area contributed by atoms with Crippen LogP contribution in [0.3, 0.4) is 0 Å². The molecule has 1 N–H and O–H groups in total. The van der Waals surface area contributed by atoms with Gasteiger partial charge in [-0.1, -0.05) is 0 Å². The first-order chi connectivity index (χ1) is 7.42. The van der Waals surface area contributed by atoms with Gasteiger partial charge in [-0.2, -0.15) is 4.98 Å². The van der Waals surface area contributed by atoms with Crippen LogP contribution in [-0.4, -0.2) is 51.0 Å². The zero-order valence-electron chi connectivity index (χ0n) is 9.64. The molecule has 1 rings (SSSR count). The van der Waals surface area contributed by atoms with Crippen LogP contribution in [0.1, 0.15) is 0 Å². The van der Waals surface area contributed by atoms with Gasteiger partial charge < -0.3 is 10.2 Å². The number of hydrogen-bond acceptors (Lipinski definition) is 6. The Hall–Kier alpha value is -1.37. The molecule has 16 heavy (non-hydrogen) atoms. The number of nitrogens with one attached hydrogen (secondary N) is 1. The Labute approximate surface area is 95.6 Å². The number of rotatable bonds is 5. The molecule has 90 valence electrons. The lowest BCUT2D eigenvalue weighted by Gasteiger charge is -2.17. The van der Waals surface area contributed by atoms with E-state index >= 15 is 0 Å². The molecular formula is C9H16N4O2S. The molecule has 0 aliphatic heterocycles. The summed E-state index contributed by atoms with van der Waals surface area (Å²) in [7, 11) is 0.587. The molecule has 0 aromatic carbocycles. The van der Waals surface area contributed by atoms with Crippen molar-refractivity contribution in [1.82, 2.24) is 9.97 Å². The molecule has 0 radical (unpaired) electrons. The quantitative estimate of drug-likeness (QED) is 0.785. The van der Waals surface area contributed by atoms with Crippen LogP contribution in [0.5, 0.6) is 0 Å². The first kappa shape index (κ1) is 12.7. The molecule has 6 nitrogen and oxygen atoms in total. The molecule has 1 aromatic rings. The average Bonchev–Trinajstić information content (AvgIpc) is 2.25. The third-order valence-corrected chi connectivity index (χ3v) is 2.98. The highest BCUT2D eigenvalue weighted by Crippen LogP contribution is 2.09. The van der Waals surface area contributed by atoms with Gasteiger partial charge in [0.2, 0.25) is 5.95 Å². The highest BCUT2D eigenvalue weighted by atomic mass is 32.2. The number of hydrogen-bond donors (Lipinski definition) is 1. The molecule has 0 unspecified atom stereocenters. The van der Waals surface area contributed by atoms with Crippen molar-refractivity contribution in [2.24, 2.45) is 0 Å². The Bertz CT molecular complexity index is 447. The van der Waals surface area contributed by atoms with Crippen molar-refractivity contribution in [3.8, 4) is 0 Å². The molecule has 0 saturated carbocycles. The van der Waals surface area contributed by atoms with Crippen molar-refractivity contribution in [2.45, 2.75) is 0 Å². The van der Waals surface area contributed by atoms with E-state index in [4.69, 9.17) is 0 Å². The molecule has 0 fully saturated rings. The van der Waals surface area contributed by atoms with Crippen molar-refractivity contribution >= 4 is 21.6 Å². The summed E-state index contributed by atoms with van der Waals surface area (Å²) in [5.41, 5.74) is 0. The van der Waals surface area contributed by atoms with E-state index in [1.807, 2.05) is 0 Å². The number of anilines is 2. The van der Waals surface area contributed by atoms with Crippen LogP contribution in [0.25, 0.3) is 0 Å². The fourth-order valence-corrected chi connectivity index (χ4v) is 1.71. The van der Waals surface area contributed by atoms with Crippen molar-refractivity contribution in [3.63, 3.8) is 0 Å². The van der Waals surface area contributed by atoms with Crippen LogP contribution >= 0.6 is 0 Å². The largest absolute Gasteiger partial charge is 0.358 e. The average molecular weight is 244 g/mol. The summed E-state index contributed by atoms with van der Waals surface area (Å²) in [5, 5.41) is 2.83. The second kappa shape index (κ2) is 5.11. The van der Waals surface area contributed by atoms with Gasteiger partial charge in [0, 0.05) is 33.1 Å². The second-order valence-corrected chi connectivity index (χ2v) is 5.80. The third kappa shape index (κ3) is 4.01. The Kier molecular flexibility index (Phi) is 4.05. The molecule has 0 aliphatic rings. The van der Waals surface area contributed by atoms with Crippen LogP contribution in [0.2, 0.25) is 0 Å². The highest BCUT2D eigenvalue weighted by molar-refractivity contribution is 7.90. The van der Waals surface area contributed by atoms with E-state index in [-0.39, 0.29) is 5.75 Å². The maximum atomic E-state index is 11.0. The third-order valence-electron chi connectivity index (χ3n) is 2.05. The Morgan fingerprint density at radius 1 is 1.50 bits per heavy atom. The Morgan fingerprint density at radius 2 is 2.19 bits per heavy atom. The normalized spacial score (nSPS) is 11.2. The van der Waals surface area contributed by atoms with Gasteiger partial charge in [0.1, 0.15) is 15.7 Å². The fraction of sp³-hybridized carbons (Fsp3) is 0.556. The molecule has 0 saturated heterocycles. The Morgan fingerprint density at radius 3 is 2.75 bits per heavy atom. The second-order valence-electron chi connectivity index (χ2n) is 3.54. The lowest BCUT2D eigenvalue weighted by Crippen LogP contribution is -2.25. The van der Waals surface area contributed by atoms with Gasteiger partial charge in [0.05, 0.1) is 5.75 Å². The predicted octanol–water partition coefficient (Wildman–Crippen LogP) is -0.000900. The summed E-state index contributed by atoms with van der Waals surface area (Å²) >= 11 is 0. The van der Waals surface area contributed by atoms with Crippen LogP contribution in [-0.2, 0) is 9.84 Å². The number of aromatic nitrogens is 2. The number of nitrogens with zero attached hydrogens (tertiary/aromatic N) is 3. The summed E-state index contributed by atoms with van der Waals surface area (Å²) in [6.45, 7) is 0.416. The predicted molar refractivity (Wildman–Crippen MR) is 64.6 cm³/mol. The van der Waals surface area contributed by atoms with Gasteiger partial charge in [0.25, 0.3) is 0 Å². The summed E-state index contributed by atoms with van der Waals surface area (Å²) in [4.78, 5) is 9.96. The van der Waals surface area contributed by atoms with Crippen LogP contribution < -0.4 is 10.2 Å². The lowest BCUT2D eigenvalue weighted by atomic mass is 10.5. The van der Waals surface area contributed by atoms with E-state index in [1.54, 1.807) is 31.3 Å². The molecule has 7 heteroatoms. The van der Waals surface area contributed by atoms with E-state index in [1.165, 1.54) is 6.26 Å². The summed E-state index contributed by atoms with van der Waals surface area (Å²) in [5.74, 6) is 1.33. The highest BCUT2D eigenvalue weighted by Gasteiger charge is 2.07. The van der Waals surface area contributed by atoms with Gasteiger partial charge in [-0.15, -0.1) is 0 Å². The van der Waals surface area contributed by atoms with Crippen molar-refractivity contribution < 1.29 is 8.42 Å². The van der Waals surface area contributed by atoms with E-state index in [2.05, 4.69) is 15.3 Å². The SMILES string of the molecule is CNc1nccc(N(C)CCS(C)(=O)=O)n1. The Balaban J connectivity index is 2.69. The summed E-state index contributed by atoms with van der Waals surface area (Å²) in [6.07, 6.45) is 2.85. The molecule has 1 heterocycles. The maximum absolute atomic E-state index is 11.0. The first-order valence-corrected chi connectivity index (χ1v) is 6.88. The molecule has 0 bridgehead atoms. The van der Waals surface area contributed by atoms with Crippen LogP contribution in [0.15, 0.2) is 12.3 Å². The van der Waals surface area contributed by atoms with Gasteiger partial charge in [-0.3, -0.25) is 0 Å². The lowest BCUT2D eigenvalue weighted by molar-refractivity contribution is 0.601. The maximum Gasteiger partial charge on any atom is 0.224 e. The van der Waals surface area contributed by atoms with Crippen LogP contribution in [0.4, 0.5) is 11.8 Å². The standard InChI is InChI=1S/C9H16N4O2S/c1-10-9-11-5-4-8(12-9)13(2)6-7-16(3,14)15/h4-5H,6-7H2,1-3H3,(H,10,11,12). The number of sulfone groups is 1. The molecule has 0 amide bonds. The first-order valence-electron chi connectivity index (χ1n) is 4.82. The fourth-order valence-electron chi connectivity index (χ4n) is 1.10.